The van der Waals surface area contributed by atoms with E-state index >= 15 is 0 Å². The minimum absolute atomic E-state index is 0.173. The second kappa shape index (κ2) is 4.26. The van der Waals surface area contributed by atoms with Crippen LogP contribution in [-0.2, 0) is 4.79 Å². The Morgan fingerprint density at radius 2 is 1.94 bits per heavy atom. The number of carbonyl (C=O) groups is 1. The van der Waals surface area contributed by atoms with Gasteiger partial charge in [0.25, 0.3) is 0 Å². The van der Waals surface area contributed by atoms with Crippen molar-refractivity contribution >= 4 is 5.97 Å². The first-order valence-corrected chi connectivity index (χ1v) is 5.61. The maximum atomic E-state index is 10.7. The van der Waals surface area contributed by atoms with Gasteiger partial charge in [-0.25, -0.2) is 0 Å². The van der Waals surface area contributed by atoms with E-state index in [2.05, 4.69) is 43.0 Å². The molecule has 2 rings (SSSR count). The molecule has 1 heterocycles. The van der Waals surface area contributed by atoms with Gasteiger partial charge in [-0.2, -0.15) is 0 Å². The van der Waals surface area contributed by atoms with Gasteiger partial charge >= 0.3 is 5.97 Å². The fourth-order valence-electron chi connectivity index (χ4n) is 2.04. The molecule has 0 saturated carbocycles. The number of aliphatic carboxylic acids is 1. The van der Waals surface area contributed by atoms with Gasteiger partial charge in [-0.15, -0.1) is 0 Å². The van der Waals surface area contributed by atoms with Crippen LogP contribution in [0.25, 0.3) is 0 Å². The molecule has 86 valence electrons. The number of hydrogen-bond donors (Lipinski definition) is 1. The van der Waals surface area contributed by atoms with Crippen molar-refractivity contribution in [3.63, 3.8) is 0 Å². The van der Waals surface area contributed by atoms with Crippen LogP contribution in [0.1, 0.15) is 24.1 Å². The van der Waals surface area contributed by atoms with E-state index in [1.54, 1.807) is 0 Å². The van der Waals surface area contributed by atoms with Crippen LogP contribution in [-0.4, -0.2) is 29.1 Å². The lowest BCUT2D eigenvalue weighted by Gasteiger charge is -2.41. The standard InChI is InChI=1S/C13H17NO2/c1-9-3-5-11(6-4-9)10(2)14-7-12(8-14)13(15)16/h3-6,10,12H,7-8H2,1-2H3,(H,15,16). The minimum Gasteiger partial charge on any atom is -0.481 e. The monoisotopic (exact) mass is 219 g/mol. The summed E-state index contributed by atoms with van der Waals surface area (Å²) in [6, 6.07) is 8.75. The quantitative estimate of drug-likeness (QED) is 0.846. The Balaban J connectivity index is 1.97. The van der Waals surface area contributed by atoms with Crippen molar-refractivity contribution in [2.24, 2.45) is 5.92 Å². The molecular weight excluding hydrogens is 202 g/mol. The van der Waals surface area contributed by atoms with E-state index < -0.39 is 5.97 Å². The van der Waals surface area contributed by atoms with Crippen LogP contribution in [0.2, 0.25) is 0 Å². The number of benzene rings is 1. The predicted octanol–water partition coefficient (Wildman–Crippen LogP) is 2.07. The summed E-state index contributed by atoms with van der Waals surface area (Å²) in [5, 5.41) is 8.81. The van der Waals surface area contributed by atoms with Gasteiger partial charge in [0.15, 0.2) is 0 Å². The zero-order chi connectivity index (χ0) is 11.7. The van der Waals surface area contributed by atoms with Gasteiger partial charge in [0.2, 0.25) is 0 Å². The van der Waals surface area contributed by atoms with Gasteiger partial charge in [0.1, 0.15) is 0 Å². The highest BCUT2D eigenvalue weighted by Gasteiger charge is 2.35. The maximum absolute atomic E-state index is 10.7. The van der Waals surface area contributed by atoms with Crippen LogP contribution < -0.4 is 0 Å². The first-order chi connectivity index (χ1) is 7.58. The Labute approximate surface area is 95.7 Å². The Bertz CT molecular complexity index is 379. The molecule has 1 aromatic carbocycles. The third-order valence-electron chi connectivity index (χ3n) is 3.37. The number of carboxylic acids is 1. The van der Waals surface area contributed by atoms with Crippen molar-refractivity contribution in [3.05, 3.63) is 35.4 Å². The largest absolute Gasteiger partial charge is 0.481 e. The molecule has 0 aromatic heterocycles. The lowest BCUT2D eigenvalue weighted by atomic mass is 9.95. The van der Waals surface area contributed by atoms with Gasteiger partial charge < -0.3 is 5.11 Å². The second-order valence-corrected chi connectivity index (χ2v) is 4.58. The molecule has 1 aromatic rings. The fourth-order valence-corrected chi connectivity index (χ4v) is 2.04. The van der Waals surface area contributed by atoms with Crippen molar-refractivity contribution in [1.82, 2.24) is 4.90 Å². The molecular formula is C13H17NO2. The third-order valence-corrected chi connectivity index (χ3v) is 3.37. The summed E-state index contributed by atoms with van der Waals surface area (Å²) < 4.78 is 0. The molecule has 3 nitrogen and oxygen atoms in total. The van der Waals surface area contributed by atoms with Crippen molar-refractivity contribution in [2.75, 3.05) is 13.1 Å². The van der Waals surface area contributed by atoms with Gasteiger partial charge in [-0.3, -0.25) is 9.69 Å². The predicted molar refractivity (Wildman–Crippen MR) is 62.3 cm³/mol. The molecule has 1 aliphatic rings. The van der Waals surface area contributed by atoms with Crippen LogP contribution in [0.5, 0.6) is 0 Å². The molecule has 1 saturated heterocycles. The van der Waals surface area contributed by atoms with Gasteiger partial charge in [0, 0.05) is 19.1 Å². The average molecular weight is 219 g/mol. The summed E-state index contributed by atoms with van der Waals surface area (Å²) in [6.45, 7) is 5.54. The summed E-state index contributed by atoms with van der Waals surface area (Å²) in [6.07, 6.45) is 0. The molecule has 1 fully saturated rings. The first kappa shape index (κ1) is 11.1. The Hall–Kier alpha value is -1.35. The Kier molecular flexibility index (Phi) is 2.97. The zero-order valence-electron chi connectivity index (χ0n) is 9.68. The molecule has 3 heteroatoms. The zero-order valence-corrected chi connectivity index (χ0v) is 9.68. The number of likely N-dealkylation sites (tertiary alicyclic amines) is 1. The van der Waals surface area contributed by atoms with Gasteiger partial charge in [0.05, 0.1) is 5.92 Å². The average Bonchev–Trinajstić information content (AvgIpc) is 2.15. The summed E-state index contributed by atoms with van der Waals surface area (Å²) in [5.74, 6) is -0.847. The van der Waals surface area contributed by atoms with Gasteiger partial charge in [-0.05, 0) is 19.4 Å². The van der Waals surface area contributed by atoms with E-state index in [0.29, 0.717) is 19.1 Å². The van der Waals surface area contributed by atoms with Crippen LogP contribution in [0.4, 0.5) is 0 Å². The Morgan fingerprint density at radius 3 is 2.44 bits per heavy atom. The smallest absolute Gasteiger partial charge is 0.309 e. The van der Waals surface area contributed by atoms with Crippen LogP contribution in [0.15, 0.2) is 24.3 Å². The summed E-state index contributed by atoms with van der Waals surface area (Å²) in [7, 11) is 0. The SMILES string of the molecule is Cc1ccc(C(C)N2CC(C(=O)O)C2)cc1. The molecule has 1 unspecified atom stereocenters. The number of aryl methyl sites for hydroxylation is 1. The molecule has 0 aliphatic carbocycles. The van der Waals surface area contributed by atoms with E-state index in [4.69, 9.17) is 5.11 Å². The van der Waals surface area contributed by atoms with E-state index in [0.717, 1.165) is 0 Å². The molecule has 16 heavy (non-hydrogen) atoms. The number of rotatable bonds is 3. The molecule has 0 spiro atoms. The lowest BCUT2D eigenvalue weighted by Crippen LogP contribution is -2.51. The highest BCUT2D eigenvalue weighted by atomic mass is 16.4. The van der Waals surface area contributed by atoms with E-state index in [1.165, 1.54) is 11.1 Å². The van der Waals surface area contributed by atoms with Crippen molar-refractivity contribution in [3.8, 4) is 0 Å². The van der Waals surface area contributed by atoms with Crippen molar-refractivity contribution in [2.45, 2.75) is 19.9 Å². The maximum Gasteiger partial charge on any atom is 0.309 e. The lowest BCUT2D eigenvalue weighted by molar-refractivity contribution is -0.148. The number of nitrogens with zero attached hydrogens (tertiary/aromatic N) is 1. The molecule has 0 amide bonds. The molecule has 1 atom stereocenters. The number of carboxylic acid groups (broad SMARTS) is 1. The number of hydrogen-bond acceptors (Lipinski definition) is 2. The van der Waals surface area contributed by atoms with E-state index in [1.807, 2.05) is 0 Å². The van der Waals surface area contributed by atoms with Crippen molar-refractivity contribution in [1.29, 1.82) is 0 Å². The van der Waals surface area contributed by atoms with E-state index in [9.17, 15) is 4.79 Å². The Morgan fingerprint density at radius 1 is 1.38 bits per heavy atom. The molecule has 0 radical (unpaired) electrons. The van der Waals surface area contributed by atoms with Crippen LogP contribution in [0, 0.1) is 12.8 Å². The van der Waals surface area contributed by atoms with E-state index in [-0.39, 0.29) is 5.92 Å². The van der Waals surface area contributed by atoms with Gasteiger partial charge in [-0.1, -0.05) is 29.8 Å². The summed E-state index contributed by atoms with van der Waals surface area (Å²) >= 11 is 0. The third kappa shape index (κ3) is 2.09. The molecule has 1 N–H and O–H groups in total. The summed E-state index contributed by atoms with van der Waals surface area (Å²) in [4.78, 5) is 12.9. The highest BCUT2D eigenvalue weighted by molar-refractivity contribution is 5.71. The molecule has 0 bridgehead atoms. The molecule has 1 aliphatic heterocycles. The fraction of sp³-hybridized carbons (Fsp3) is 0.462. The topological polar surface area (TPSA) is 40.5 Å². The van der Waals surface area contributed by atoms with Crippen molar-refractivity contribution < 1.29 is 9.90 Å². The minimum atomic E-state index is -0.674. The highest BCUT2D eigenvalue weighted by Crippen LogP contribution is 2.28. The first-order valence-electron chi connectivity index (χ1n) is 5.61. The summed E-state index contributed by atoms with van der Waals surface area (Å²) in [5.41, 5.74) is 2.51. The second-order valence-electron chi connectivity index (χ2n) is 4.58. The van der Waals surface area contributed by atoms with Crippen LogP contribution >= 0.6 is 0 Å². The normalized spacial score (nSPS) is 19.1. The van der Waals surface area contributed by atoms with Crippen LogP contribution in [0.3, 0.4) is 0 Å².